The summed E-state index contributed by atoms with van der Waals surface area (Å²) < 4.78 is 44.3. The van der Waals surface area contributed by atoms with Crippen molar-refractivity contribution in [2.45, 2.75) is 31.2 Å². The Morgan fingerprint density at radius 2 is 1.88 bits per heavy atom. The van der Waals surface area contributed by atoms with E-state index < -0.39 is 51.3 Å². The minimum Gasteiger partial charge on any atom is -0.454 e. The number of urea groups is 1. The van der Waals surface area contributed by atoms with Crippen molar-refractivity contribution in [3.8, 4) is 0 Å². The lowest BCUT2D eigenvalue weighted by molar-refractivity contribution is -0.149. The van der Waals surface area contributed by atoms with E-state index in [2.05, 4.69) is 10.1 Å². The predicted octanol–water partition coefficient (Wildman–Crippen LogP) is 0.272. The molecule has 0 aliphatic heterocycles. The Bertz CT molecular complexity index is 768. The zero-order chi connectivity index (χ0) is 19.7. The van der Waals surface area contributed by atoms with Crippen LogP contribution in [0.5, 0.6) is 0 Å². The first kappa shape index (κ1) is 21.5. The van der Waals surface area contributed by atoms with E-state index in [0.29, 0.717) is 13.0 Å². The lowest BCUT2D eigenvalue weighted by atomic mass is 10.3. The van der Waals surface area contributed by atoms with Gasteiger partial charge in [0.25, 0.3) is 5.91 Å². The highest BCUT2D eigenvalue weighted by atomic mass is 32.2. The van der Waals surface area contributed by atoms with Crippen molar-refractivity contribution in [2.24, 2.45) is 0 Å². The van der Waals surface area contributed by atoms with E-state index in [4.69, 9.17) is 0 Å². The van der Waals surface area contributed by atoms with Crippen molar-refractivity contribution < 1.29 is 31.9 Å². The number of sulfonamides is 1. The molecular weight excluding hydrogens is 369 g/mol. The Morgan fingerprint density at radius 1 is 1.23 bits per heavy atom. The van der Waals surface area contributed by atoms with E-state index >= 15 is 0 Å². The number of nitrogens with one attached hydrogen (secondary N) is 3. The fourth-order valence-corrected chi connectivity index (χ4v) is 2.99. The van der Waals surface area contributed by atoms with Gasteiger partial charge in [0, 0.05) is 6.54 Å². The molecule has 0 aromatic heterocycles. The molecule has 144 valence electrons. The number of imide groups is 1. The molecule has 1 aromatic carbocycles. The first-order valence-electron chi connectivity index (χ1n) is 7.68. The minimum atomic E-state index is -4.29. The van der Waals surface area contributed by atoms with Crippen molar-refractivity contribution in [3.05, 3.63) is 30.1 Å². The van der Waals surface area contributed by atoms with Gasteiger partial charge in [-0.25, -0.2) is 17.6 Å². The van der Waals surface area contributed by atoms with Gasteiger partial charge in [-0.1, -0.05) is 19.1 Å². The third-order valence-electron chi connectivity index (χ3n) is 2.95. The minimum absolute atomic E-state index is 0.369. The molecule has 3 amide bonds. The summed E-state index contributed by atoms with van der Waals surface area (Å²) in [5.74, 6) is -2.91. The molecule has 1 rings (SSSR count). The zero-order valence-corrected chi connectivity index (χ0v) is 15.1. The molecule has 0 saturated heterocycles. The van der Waals surface area contributed by atoms with Crippen molar-refractivity contribution in [3.63, 3.8) is 0 Å². The molecule has 3 N–H and O–H groups in total. The summed E-state index contributed by atoms with van der Waals surface area (Å²) >= 11 is 0. The quantitative estimate of drug-likeness (QED) is 0.547. The van der Waals surface area contributed by atoms with Gasteiger partial charge in [0.2, 0.25) is 10.0 Å². The summed E-state index contributed by atoms with van der Waals surface area (Å²) in [6, 6.07) is 2.54. The predicted molar refractivity (Wildman–Crippen MR) is 89.0 cm³/mol. The lowest BCUT2D eigenvalue weighted by Gasteiger charge is -2.14. The topological polar surface area (TPSA) is 131 Å². The van der Waals surface area contributed by atoms with E-state index in [-0.39, 0.29) is 0 Å². The number of carbonyl (C=O) groups is 3. The van der Waals surface area contributed by atoms with Gasteiger partial charge in [0.05, 0.1) is 0 Å². The third kappa shape index (κ3) is 6.76. The third-order valence-corrected chi connectivity index (χ3v) is 4.52. The van der Waals surface area contributed by atoms with Gasteiger partial charge in [-0.3, -0.25) is 14.9 Å². The fraction of sp³-hybridized carbons (Fsp3) is 0.400. The molecule has 0 spiro atoms. The van der Waals surface area contributed by atoms with Gasteiger partial charge in [-0.15, -0.1) is 0 Å². The maximum Gasteiger partial charge on any atom is 0.324 e. The van der Waals surface area contributed by atoms with Gasteiger partial charge < -0.3 is 10.1 Å². The first-order valence-corrected chi connectivity index (χ1v) is 9.17. The summed E-state index contributed by atoms with van der Waals surface area (Å²) in [5, 5.41) is 4.33. The Morgan fingerprint density at radius 3 is 2.50 bits per heavy atom. The average molecular weight is 389 g/mol. The van der Waals surface area contributed by atoms with E-state index in [0.717, 1.165) is 12.1 Å². The fourth-order valence-electron chi connectivity index (χ4n) is 1.71. The zero-order valence-electron chi connectivity index (χ0n) is 14.2. The van der Waals surface area contributed by atoms with E-state index in [1.807, 2.05) is 17.0 Å². The molecule has 0 aliphatic carbocycles. The molecule has 9 nitrogen and oxygen atoms in total. The van der Waals surface area contributed by atoms with E-state index in [9.17, 15) is 27.2 Å². The summed E-state index contributed by atoms with van der Waals surface area (Å²) in [7, 11) is -4.29. The molecular formula is C15H20FN3O6S. The van der Waals surface area contributed by atoms with Crippen molar-refractivity contribution >= 4 is 27.9 Å². The molecule has 0 radical (unpaired) electrons. The standard InChI is InChI=1S/C15H20FN3O6S/c1-3-8-17-15(22)18-13(20)9-25-14(21)10(2)19-26(23,24)12-7-5-4-6-11(12)16/h4-7,10,19H,3,8-9H2,1-2H3,(H2,17,18,20,22)/t10-/m0/s1. The molecule has 1 aromatic rings. The molecule has 0 saturated carbocycles. The Hall–Kier alpha value is -2.53. The summed E-state index contributed by atoms with van der Waals surface area (Å²) in [5.41, 5.74) is 0. The molecule has 0 aliphatic rings. The maximum atomic E-state index is 13.6. The highest BCUT2D eigenvalue weighted by molar-refractivity contribution is 7.89. The second-order valence-electron chi connectivity index (χ2n) is 5.19. The number of ether oxygens (including phenoxy) is 1. The number of rotatable bonds is 8. The second kappa shape index (κ2) is 9.82. The highest BCUT2D eigenvalue weighted by Crippen LogP contribution is 2.13. The van der Waals surface area contributed by atoms with Gasteiger partial charge in [0.1, 0.15) is 16.8 Å². The Labute approximate surface area is 150 Å². The van der Waals surface area contributed by atoms with Crippen LogP contribution in [0.1, 0.15) is 20.3 Å². The molecule has 0 unspecified atom stereocenters. The number of hydrogen-bond acceptors (Lipinski definition) is 6. The Balaban J connectivity index is 2.54. The molecule has 0 heterocycles. The van der Waals surface area contributed by atoms with E-state index in [1.165, 1.54) is 19.1 Å². The molecule has 0 bridgehead atoms. The van der Waals surface area contributed by atoms with Crippen LogP contribution in [0.25, 0.3) is 0 Å². The van der Waals surface area contributed by atoms with Crippen LogP contribution >= 0.6 is 0 Å². The van der Waals surface area contributed by atoms with Gasteiger partial charge in [0.15, 0.2) is 6.61 Å². The van der Waals surface area contributed by atoms with Crippen LogP contribution in [-0.2, 0) is 24.3 Å². The first-order chi connectivity index (χ1) is 12.2. The number of benzene rings is 1. The number of carbonyl (C=O) groups excluding carboxylic acids is 3. The normalized spacial score (nSPS) is 12.1. The van der Waals surface area contributed by atoms with E-state index in [1.54, 1.807) is 0 Å². The van der Waals surface area contributed by atoms with Crippen LogP contribution in [0.3, 0.4) is 0 Å². The average Bonchev–Trinajstić information content (AvgIpc) is 2.57. The van der Waals surface area contributed by atoms with Crippen LogP contribution in [0.4, 0.5) is 9.18 Å². The molecule has 0 fully saturated rings. The van der Waals surface area contributed by atoms with Crippen molar-refractivity contribution in [1.29, 1.82) is 0 Å². The van der Waals surface area contributed by atoms with Crippen LogP contribution in [0, 0.1) is 5.82 Å². The van der Waals surface area contributed by atoms with Gasteiger partial charge in [-0.2, -0.15) is 4.72 Å². The largest absolute Gasteiger partial charge is 0.454 e. The molecule has 26 heavy (non-hydrogen) atoms. The Kier molecular flexibility index (Phi) is 8.13. The van der Waals surface area contributed by atoms with Crippen LogP contribution in [0.2, 0.25) is 0 Å². The summed E-state index contributed by atoms with van der Waals surface area (Å²) in [6.07, 6.45) is 0.677. The lowest BCUT2D eigenvalue weighted by Crippen LogP contribution is -2.43. The van der Waals surface area contributed by atoms with Crippen LogP contribution < -0.4 is 15.4 Å². The number of esters is 1. The number of amides is 3. The van der Waals surface area contributed by atoms with Crippen molar-refractivity contribution in [1.82, 2.24) is 15.4 Å². The number of hydrogen-bond donors (Lipinski definition) is 3. The van der Waals surface area contributed by atoms with Crippen LogP contribution in [0.15, 0.2) is 29.2 Å². The molecule has 1 atom stereocenters. The second-order valence-corrected chi connectivity index (χ2v) is 6.87. The smallest absolute Gasteiger partial charge is 0.324 e. The number of halogens is 1. The monoisotopic (exact) mass is 389 g/mol. The van der Waals surface area contributed by atoms with Crippen molar-refractivity contribution in [2.75, 3.05) is 13.2 Å². The summed E-state index contributed by atoms with van der Waals surface area (Å²) in [4.78, 5) is 33.9. The van der Waals surface area contributed by atoms with Gasteiger partial charge >= 0.3 is 12.0 Å². The summed E-state index contributed by atoms with van der Waals surface area (Å²) in [6.45, 7) is 2.60. The van der Waals surface area contributed by atoms with Crippen LogP contribution in [-0.4, -0.2) is 45.5 Å². The SMILES string of the molecule is CCCNC(=O)NC(=O)COC(=O)[C@H](C)NS(=O)(=O)c1ccccc1F. The maximum absolute atomic E-state index is 13.6. The highest BCUT2D eigenvalue weighted by Gasteiger charge is 2.25. The van der Waals surface area contributed by atoms with Gasteiger partial charge in [-0.05, 0) is 25.5 Å². The molecule has 11 heteroatoms.